The standard InChI is InChI=1S/C21H28N4O3/c1-21(2,3)28-20(26)25-9-8-16-6-5-7-18(19(16)25)27-14-17-13-24(17)12-15-10-22-23(4)11-15/h5-7,10-11,17H,8-9,12-14H2,1-4H3. The molecule has 1 aromatic heterocycles. The molecule has 7 heteroatoms. The van der Waals surface area contributed by atoms with Crippen molar-refractivity contribution in [1.29, 1.82) is 0 Å². The molecular formula is C21H28N4O3. The summed E-state index contributed by atoms with van der Waals surface area (Å²) in [5.74, 6) is 0.758. The van der Waals surface area contributed by atoms with E-state index in [1.807, 2.05) is 57.0 Å². The summed E-state index contributed by atoms with van der Waals surface area (Å²) in [6.45, 7) is 8.79. The minimum atomic E-state index is -0.517. The molecule has 1 aromatic carbocycles. The number of rotatable bonds is 5. The Kier molecular flexibility index (Phi) is 4.79. The highest BCUT2D eigenvalue weighted by Gasteiger charge is 2.36. The Balaban J connectivity index is 1.39. The van der Waals surface area contributed by atoms with Gasteiger partial charge in [0.15, 0.2) is 0 Å². The number of anilines is 1. The summed E-state index contributed by atoms with van der Waals surface area (Å²) in [6.07, 6.45) is 4.45. The van der Waals surface area contributed by atoms with Gasteiger partial charge >= 0.3 is 6.09 Å². The van der Waals surface area contributed by atoms with Crippen molar-refractivity contribution < 1.29 is 14.3 Å². The zero-order chi connectivity index (χ0) is 19.9. The lowest BCUT2D eigenvalue weighted by molar-refractivity contribution is 0.0583. The number of ether oxygens (including phenoxy) is 2. The maximum atomic E-state index is 12.6. The molecule has 7 nitrogen and oxygen atoms in total. The molecule has 0 spiro atoms. The van der Waals surface area contributed by atoms with Crippen molar-refractivity contribution in [2.24, 2.45) is 7.05 Å². The molecule has 1 amide bonds. The van der Waals surface area contributed by atoms with Gasteiger partial charge in [-0.05, 0) is 38.8 Å². The van der Waals surface area contributed by atoms with E-state index in [1.54, 1.807) is 4.90 Å². The number of carbonyl (C=O) groups excluding carboxylic acids is 1. The second-order valence-corrected chi connectivity index (χ2v) is 8.56. The second-order valence-electron chi connectivity index (χ2n) is 8.56. The normalized spacial score (nSPS) is 20.8. The van der Waals surface area contributed by atoms with Crippen LogP contribution in [0.4, 0.5) is 10.5 Å². The number of para-hydroxylation sites is 1. The van der Waals surface area contributed by atoms with Gasteiger partial charge < -0.3 is 9.47 Å². The van der Waals surface area contributed by atoms with E-state index in [0.717, 1.165) is 36.5 Å². The lowest BCUT2D eigenvalue weighted by Gasteiger charge is -2.25. The molecule has 2 aliphatic heterocycles. The lowest BCUT2D eigenvalue weighted by atomic mass is 10.1. The van der Waals surface area contributed by atoms with Crippen molar-refractivity contribution in [3.63, 3.8) is 0 Å². The third kappa shape index (κ3) is 4.14. The first-order valence-electron chi connectivity index (χ1n) is 9.77. The Morgan fingerprint density at radius 1 is 1.32 bits per heavy atom. The summed E-state index contributed by atoms with van der Waals surface area (Å²) >= 11 is 0. The van der Waals surface area contributed by atoms with Gasteiger partial charge in [0.2, 0.25) is 0 Å². The van der Waals surface area contributed by atoms with E-state index >= 15 is 0 Å². The van der Waals surface area contributed by atoms with Gasteiger partial charge in [-0.2, -0.15) is 5.10 Å². The molecule has 0 N–H and O–H groups in total. The summed E-state index contributed by atoms with van der Waals surface area (Å²) in [5.41, 5.74) is 2.68. The van der Waals surface area contributed by atoms with Crippen LogP contribution in [0.15, 0.2) is 30.6 Å². The number of fused-ring (bicyclic) bond motifs is 1. The molecule has 0 bridgehead atoms. The smallest absolute Gasteiger partial charge is 0.414 e. The molecule has 1 saturated heterocycles. The zero-order valence-corrected chi connectivity index (χ0v) is 17.0. The first-order valence-corrected chi connectivity index (χ1v) is 9.77. The molecule has 0 aliphatic carbocycles. The van der Waals surface area contributed by atoms with E-state index in [0.29, 0.717) is 19.2 Å². The van der Waals surface area contributed by atoms with Crippen LogP contribution in [-0.2, 0) is 24.8 Å². The molecule has 2 unspecified atom stereocenters. The van der Waals surface area contributed by atoms with Crippen molar-refractivity contribution in [1.82, 2.24) is 14.7 Å². The Bertz CT molecular complexity index is 871. The van der Waals surface area contributed by atoms with Crippen LogP contribution in [0.2, 0.25) is 0 Å². The van der Waals surface area contributed by atoms with Gasteiger partial charge in [-0.15, -0.1) is 0 Å². The van der Waals surface area contributed by atoms with Crippen LogP contribution in [0.25, 0.3) is 0 Å². The molecule has 3 heterocycles. The van der Waals surface area contributed by atoms with Crippen molar-refractivity contribution in [3.05, 3.63) is 41.7 Å². The maximum absolute atomic E-state index is 12.6. The third-order valence-corrected chi connectivity index (χ3v) is 4.97. The molecule has 2 aromatic rings. The number of carbonyl (C=O) groups is 1. The molecule has 1 fully saturated rings. The minimum Gasteiger partial charge on any atom is -0.490 e. The number of amides is 1. The van der Waals surface area contributed by atoms with Gasteiger partial charge in [-0.3, -0.25) is 14.5 Å². The van der Waals surface area contributed by atoms with Crippen LogP contribution in [0.5, 0.6) is 5.75 Å². The van der Waals surface area contributed by atoms with E-state index in [9.17, 15) is 4.79 Å². The average molecular weight is 384 g/mol. The molecule has 2 aliphatic rings. The number of benzene rings is 1. The predicted molar refractivity (Wildman–Crippen MR) is 107 cm³/mol. The van der Waals surface area contributed by atoms with Crippen LogP contribution < -0.4 is 9.64 Å². The molecule has 28 heavy (non-hydrogen) atoms. The first-order chi connectivity index (χ1) is 13.3. The van der Waals surface area contributed by atoms with Gasteiger partial charge in [-0.1, -0.05) is 12.1 Å². The summed E-state index contributed by atoms with van der Waals surface area (Å²) in [5, 5.41) is 4.21. The fraction of sp³-hybridized carbons (Fsp3) is 0.524. The Morgan fingerprint density at radius 3 is 2.86 bits per heavy atom. The highest BCUT2D eigenvalue weighted by atomic mass is 16.6. The van der Waals surface area contributed by atoms with Gasteiger partial charge in [-0.25, -0.2) is 4.79 Å². The van der Waals surface area contributed by atoms with E-state index in [-0.39, 0.29) is 6.09 Å². The van der Waals surface area contributed by atoms with Crippen LogP contribution in [0, 0.1) is 0 Å². The average Bonchev–Trinajstić information content (AvgIpc) is 3.00. The lowest BCUT2D eigenvalue weighted by Crippen LogP contribution is -2.36. The van der Waals surface area contributed by atoms with Crippen LogP contribution in [0.1, 0.15) is 31.9 Å². The first kappa shape index (κ1) is 18.8. The molecule has 4 rings (SSSR count). The van der Waals surface area contributed by atoms with E-state index in [4.69, 9.17) is 9.47 Å². The van der Waals surface area contributed by atoms with Gasteiger partial charge in [0, 0.05) is 38.4 Å². The third-order valence-electron chi connectivity index (χ3n) is 4.97. The molecule has 2 atom stereocenters. The Labute approximate surface area is 165 Å². The summed E-state index contributed by atoms with van der Waals surface area (Å²) in [4.78, 5) is 16.7. The van der Waals surface area contributed by atoms with E-state index in [1.165, 1.54) is 5.56 Å². The number of aromatic nitrogens is 2. The fourth-order valence-electron chi connectivity index (χ4n) is 3.59. The Hall–Kier alpha value is -2.54. The van der Waals surface area contributed by atoms with Crippen LogP contribution in [-0.4, -0.2) is 52.1 Å². The summed E-state index contributed by atoms with van der Waals surface area (Å²) < 4.78 is 13.5. The summed E-state index contributed by atoms with van der Waals surface area (Å²) in [7, 11) is 1.93. The van der Waals surface area contributed by atoms with Gasteiger partial charge in [0.25, 0.3) is 0 Å². The largest absolute Gasteiger partial charge is 0.490 e. The molecule has 0 saturated carbocycles. The highest BCUT2D eigenvalue weighted by molar-refractivity contribution is 5.92. The minimum absolute atomic E-state index is 0.313. The molecule has 150 valence electrons. The fourth-order valence-corrected chi connectivity index (χ4v) is 3.59. The monoisotopic (exact) mass is 384 g/mol. The number of hydrogen-bond acceptors (Lipinski definition) is 5. The van der Waals surface area contributed by atoms with Crippen LogP contribution >= 0.6 is 0 Å². The number of hydrogen-bond donors (Lipinski definition) is 0. The predicted octanol–water partition coefficient (Wildman–Crippen LogP) is 2.98. The second kappa shape index (κ2) is 7.13. The van der Waals surface area contributed by atoms with Gasteiger partial charge in [0.1, 0.15) is 18.0 Å². The SMILES string of the molecule is Cn1cc(CN2CC2COc2cccc3c2N(C(=O)OC(C)(C)C)CC3)cn1. The Morgan fingerprint density at radius 2 is 2.14 bits per heavy atom. The quantitative estimate of drug-likeness (QED) is 0.742. The van der Waals surface area contributed by atoms with Crippen molar-refractivity contribution >= 4 is 11.8 Å². The topological polar surface area (TPSA) is 59.6 Å². The number of nitrogens with zero attached hydrogens (tertiary/aromatic N) is 4. The summed E-state index contributed by atoms with van der Waals surface area (Å²) in [6, 6.07) is 6.38. The van der Waals surface area contributed by atoms with Crippen LogP contribution in [0.3, 0.4) is 0 Å². The van der Waals surface area contributed by atoms with Gasteiger partial charge in [0.05, 0.1) is 17.9 Å². The van der Waals surface area contributed by atoms with Crippen molar-refractivity contribution in [2.75, 3.05) is 24.6 Å². The highest BCUT2D eigenvalue weighted by Crippen LogP contribution is 2.38. The number of aryl methyl sites for hydroxylation is 1. The molecular weight excluding hydrogens is 356 g/mol. The molecule has 0 radical (unpaired) electrons. The maximum Gasteiger partial charge on any atom is 0.414 e. The van der Waals surface area contributed by atoms with E-state index < -0.39 is 5.60 Å². The van der Waals surface area contributed by atoms with Crippen molar-refractivity contribution in [2.45, 2.75) is 45.4 Å². The van der Waals surface area contributed by atoms with E-state index in [2.05, 4.69) is 16.1 Å². The zero-order valence-electron chi connectivity index (χ0n) is 17.0. The van der Waals surface area contributed by atoms with Crippen molar-refractivity contribution in [3.8, 4) is 5.75 Å².